The van der Waals surface area contributed by atoms with Crippen molar-refractivity contribution in [1.82, 2.24) is 5.32 Å². The third-order valence-corrected chi connectivity index (χ3v) is 3.69. The molecule has 22 heavy (non-hydrogen) atoms. The van der Waals surface area contributed by atoms with E-state index in [0.717, 1.165) is 10.8 Å². The summed E-state index contributed by atoms with van der Waals surface area (Å²) in [4.78, 5) is 23.0. The maximum atomic E-state index is 11.9. The molecule has 0 aromatic heterocycles. The lowest BCUT2D eigenvalue weighted by atomic mass is 9.99. The predicted octanol–water partition coefficient (Wildman–Crippen LogP) is 2.59. The average Bonchev–Trinajstić information content (AvgIpc) is 2.52. The van der Waals surface area contributed by atoms with Gasteiger partial charge >= 0.3 is 5.97 Å². The molecule has 116 valence electrons. The molecule has 2 rings (SSSR count). The normalized spacial score (nSPS) is 13.4. The van der Waals surface area contributed by atoms with E-state index in [9.17, 15) is 9.59 Å². The highest BCUT2D eigenvalue weighted by Gasteiger charge is 2.32. The summed E-state index contributed by atoms with van der Waals surface area (Å²) >= 11 is 0. The number of benzene rings is 2. The van der Waals surface area contributed by atoms with Gasteiger partial charge in [-0.05, 0) is 36.2 Å². The third-order valence-electron chi connectivity index (χ3n) is 3.69. The number of hydrogen-bond acceptors (Lipinski definition) is 3. The first-order chi connectivity index (χ1) is 10.4. The Hall–Kier alpha value is -2.56. The number of carboxylic acids is 1. The van der Waals surface area contributed by atoms with Crippen molar-refractivity contribution in [3.05, 3.63) is 42.5 Å². The van der Waals surface area contributed by atoms with Gasteiger partial charge in [0.2, 0.25) is 0 Å². The topological polar surface area (TPSA) is 75.6 Å². The monoisotopic (exact) mass is 301 g/mol. The van der Waals surface area contributed by atoms with E-state index in [1.165, 1.54) is 6.92 Å². The van der Waals surface area contributed by atoms with Crippen LogP contribution in [0.15, 0.2) is 42.5 Å². The van der Waals surface area contributed by atoms with Gasteiger partial charge in [-0.1, -0.05) is 37.3 Å². The highest BCUT2D eigenvalue weighted by Crippen LogP contribution is 2.20. The van der Waals surface area contributed by atoms with E-state index in [1.807, 2.05) is 36.4 Å². The molecule has 0 radical (unpaired) electrons. The molecule has 0 fully saturated rings. The zero-order chi connectivity index (χ0) is 16.2. The van der Waals surface area contributed by atoms with E-state index in [-0.39, 0.29) is 6.61 Å². The van der Waals surface area contributed by atoms with Crippen LogP contribution in [0.5, 0.6) is 5.75 Å². The number of ether oxygens (including phenoxy) is 1. The number of carbonyl (C=O) groups excluding carboxylic acids is 1. The van der Waals surface area contributed by atoms with Gasteiger partial charge in [0.15, 0.2) is 6.61 Å². The molecule has 1 amide bonds. The molecule has 0 saturated heterocycles. The van der Waals surface area contributed by atoms with Crippen molar-refractivity contribution >= 4 is 22.6 Å². The maximum absolute atomic E-state index is 11.9. The van der Waals surface area contributed by atoms with Crippen LogP contribution in [0.2, 0.25) is 0 Å². The number of hydrogen-bond donors (Lipinski definition) is 2. The van der Waals surface area contributed by atoms with Crippen LogP contribution in [-0.4, -0.2) is 29.1 Å². The minimum atomic E-state index is -1.27. The smallest absolute Gasteiger partial charge is 0.329 e. The van der Waals surface area contributed by atoms with Crippen LogP contribution in [0, 0.1) is 0 Å². The number of amides is 1. The summed E-state index contributed by atoms with van der Waals surface area (Å²) in [6.07, 6.45) is 0.296. The van der Waals surface area contributed by atoms with Crippen molar-refractivity contribution in [2.45, 2.75) is 25.8 Å². The fraction of sp³-hybridized carbons (Fsp3) is 0.294. The molecule has 2 aromatic carbocycles. The molecule has 2 N–H and O–H groups in total. The Morgan fingerprint density at radius 1 is 1.18 bits per heavy atom. The number of carbonyl (C=O) groups is 2. The zero-order valence-corrected chi connectivity index (χ0v) is 12.6. The average molecular weight is 301 g/mol. The lowest BCUT2D eigenvalue weighted by molar-refractivity contribution is -0.147. The Bertz CT molecular complexity index is 698. The van der Waals surface area contributed by atoms with Gasteiger partial charge in [-0.25, -0.2) is 4.79 Å². The fourth-order valence-corrected chi connectivity index (χ4v) is 2.04. The van der Waals surface area contributed by atoms with Crippen LogP contribution in [0.25, 0.3) is 10.8 Å². The van der Waals surface area contributed by atoms with Gasteiger partial charge in [0.1, 0.15) is 11.3 Å². The summed E-state index contributed by atoms with van der Waals surface area (Å²) in [5.74, 6) is -0.948. The number of aliphatic carboxylic acids is 1. The number of fused-ring (bicyclic) bond motifs is 1. The van der Waals surface area contributed by atoms with Crippen LogP contribution in [0.1, 0.15) is 20.3 Å². The molecule has 0 aliphatic carbocycles. The summed E-state index contributed by atoms with van der Waals surface area (Å²) < 4.78 is 5.44. The van der Waals surface area contributed by atoms with Gasteiger partial charge < -0.3 is 15.2 Å². The lowest BCUT2D eigenvalue weighted by Crippen LogP contribution is -2.53. The molecular weight excluding hydrogens is 282 g/mol. The Morgan fingerprint density at radius 3 is 2.50 bits per heavy atom. The zero-order valence-electron chi connectivity index (χ0n) is 12.6. The second-order valence-corrected chi connectivity index (χ2v) is 5.34. The first-order valence-corrected chi connectivity index (χ1v) is 7.10. The standard InChI is InChI=1S/C17H19NO4/c1-3-17(2,16(20)21)18-15(19)11-22-14-9-8-12-6-4-5-7-13(12)10-14/h4-10H,3,11H2,1-2H3,(H,18,19)(H,20,21). The molecule has 0 saturated carbocycles. The Balaban J connectivity index is 1.99. The van der Waals surface area contributed by atoms with Crippen LogP contribution < -0.4 is 10.1 Å². The SMILES string of the molecule is CCC(C)(NC(=O)COc1ccc2ccccc2c1)C(=O)O. The quantitative estimate of drug-likeness (QED) is 0.860. The lowest BCUT2D eigenvalue weighted by Gasteiger charge is -2.24. The predicted molar refractivity (Wildman–Crippen MR) is 83.9 cm³/mol. The summed E-state index contributed by atoms with van der Waals surface area (Å²) in [6, 6.07) is 13.4. The molecule has 5 heteroatoms. The third kappa shape index (κ3) is 3.55. The van der Waals surface area contributed by atoms with Gasteiger partial charge in [0.25, 0.3) is 5.91 Å². The number of rotatable bonds is 6. The molecule has 5 nitrogen and oxygen atoms in total. The van der Waals surface area contributed by atoms with Crippen molar-refractivity contribution in [2.75, 3.05) is 6.61 Å². The Labute approximate surface area is 128 Å². The van der Waals surface area contributed by atoms with E-state index >= 15 is 0 Å². The largest absolute Gasteiger partial charge is 0.484 e. The van der Waals surface area contributed by atoms with Crippen molar-refractivity contribution in [3.8, 4) is 5.75 Å². The Kier molecular flexibility index (Phi) is 4.65. The molecule has 2 aromatic rings. The van der Waals surface area contributed by atoms with E-state index in [4.69, 9.17) is 9.84 Å². The van der Waals surface area contributed by atoms with E-state index < -0.39 is 17.4 Å². The van der Waals surface area contributed by atoms with Crippen LogP contribution in [0.4, 0.5) is 0 Å². The second-order valence-electron chi connectivity index (χ2n) is 5.34. The van der Waals surface area contributed by atoms with Gasteiger partial charge in [0, 0.05) is 0 Å². The van der Waals surface area contributed by atoms with Gasteiger partial charge in [-0.15, -0.1) is 0 Å². The molecule has 0 aliphatic rings. The molecule has 0 aliphatic heterocycles. The van der Waals surface area contributed by atoms with Crippen LogP contribution in [-0.2, 0) is 9.59 Å². The molecule has 0 spiro atoms. The van der Waals surface area contributed by atoms with Gasteiger partial charge in [0.05, 0.1) is 0 Å². The Morgan fingerprint density at radius 2 is 1.86 bits per heavy atom. The van der Waals surface area contributed by atoms with Gasteiger partial charge in [-0.3, -0.25) is 4.79 Å². The fourth-order valence-electron chi connectivity index (χ4n) is 2.04. The summed E-state index contributed by atoms with van der Waals surface area (Å²) in [7, 11) is 0. The molecule has 0 heterocycles. The van der Waals surface area contributed by atoms with E-state index in [2.05, 4.69) is 5.32 Å². The molecule has 1 atom stereocenters. The maximum Gasteiger partial charge on any atom is 0.329 e. The highest BCUT2D eigenvalue weighted by atomic mass is 16.5. The van der Waals surface area contributed by atoms with Crippen LogP contribution in [0.3, 0.4) is 0 Å². The summed E-state index contributed by atoms with van der Waals surface area (Å²) in [6.45, 7) is 2.96. The first-order valence-electron chi connectivity index (χ1n) is 7.10. The molecule has 0 bridgehead atoms. The summed E-state index contributed by atoms with van der Waals surface area (Å²) in [5.41, 5.74) is -1.27. The second kappa shape index (κ2) is 6.47. The van der Waals surface area contributed by atoms with Gasteiger partial charge in [-0.2, -0.15) is 0 Å². The minimum absolute atomic E-state index is 0.221. The highest BCUT2D eigenvalue weighted by molar-refractivity contribution is 5.87. The van der Waals surface area contributed by atoms with Crippen LogP contribution >= 0.6 is 0 Å². The minimum Gasteiger partial charge on any atom is -0.484 e. The first kappa shape index (κ1) is 15.8. The van der Waals surface area contributed by atoms with Crippen molar-refractivity contribution in [1.29, 1.82) is 0 Å². The number of nitrogens with one attached hydrogen (secondary N) is 1. The summed E-state index contributed by atoms with van der Waals surface area (Å²) in [5, 5.41) is 13.7. The van der Waals surface area contributed by atoms with Crippen molar-refractivity contribution in [2.24, 2.45) is 0 Å². The number of carboxylic acid groups (broad SMARTS) is 1. The molecular formula is C17H19NO4. The van der Waals surface area contributed by atoms with Crippen molar-refractivity contribution < 1.29 is 19.4 Å². The van der Waals surface area contributed by atoms with E-state index in [0.29, 0.717) is 12.2 Å². The van der Waals surface area contributed by atoms with Crippen molar-refractivity contribution in [3.63, 3.8) is 0 Å². The van der Waals surface area contributed by atoms with E-state index in [1.54, 1.807) is 13.0 Å². The molecule has 1 unspecified atom stereocenters.